The number of piperidine rings is 2. The maximum absolute atomic E-state index is 12.2. The number of fused-ring (bicyclic) bond motifs is 2. The van der Waals surface area contributed by atoms with Crippen LogP contribution in [0.4, 0.5) is 0 Å². The van der Waals surface area contributed by atoms with Crippen LogP contribution in [-0.4, -0.2) is 47.9 Å². The number of hydrogen-bond donors (Lipinski definition) is 0. The molecule has 6 heteroatoms. The van der Waals surface area contributed by atoms with E-state index in [9.17, 15) is 9.59 Å². The number of carbonyl (C=O) groups is 2. The van der Waals surface area contributed by atoms with E-state index in [1.807, 2.05) is 48.5 Å². The first-order valence-corrected chi connectivity index (χ1v) is 13.3. The minimum atomic E-state index is -0.198. The van der Waals surface area contributed by atoms with Crippen LogP contribution in [0.15, 0.2) is 48.5 Å². The fourth-order valence-corrected chi connectivity index (χ4v) is 6.44. The zero-order valence-corrected chi connectivity index (χ0v) is 20.2. The number of benzene rings is 2. The second kappa shape index (κ2) is 9.75. The standard InChI is InChI=1S/C29H34N2O4/c32-28-24-10-3-1-8-22(24)26(34-28)30-16-12-20(13-17-30)6-5-7-21-14-18-31(19-15-21)27-23-9-2-4-11-25(23)29(33)35-27/h1-4,8-11,20-21,26-27H,5-7,12-19H2. The summed E-state index contributed by atoms with van der Waals surface area (Å²) in [7, 11) is 0. The Morgan fingerprint density at radius 2 is 1.03 bits per heavy atom. The first-order chi connectivity index (χ1) is 17.2. The largest absolute Gasteiger partial charge is 0.438 e. The van der Waals surface area contributed by atoms with E-state index < -0.39 is 0 Å². The van der Waals surface area contributed by atoms with E-state index in [0.29, 0.717) is 0 Å². The Balaban J connectivity index is 0.922. The summed E-state index contributed by atoms with van der Waals surface area (Å²) in [5.74, 6) is 1.17. The molecule has 6 nitrogen and oxygen atoms in total. The summed E-state index contributed by atoms with van der Waals surface area (Å²) in [5, 5.41) is 0. The molecule has 2 fully saturated rings. The van der Waals surface area contributed by atoms with Gasteiger partial charge in [-0.3, -0.25) is 9.80 Å². The minimum Gasteiger partial charge on any atom is -0.438 e. The third-order valence-electron chi connectivity index (χ3n) is 8.52. The lowest BCUT2D eigenvalue weighted by atomic mass is 9.86. The molecular formula is C29H34N2O4. The first-order valence-electron chi connectivity index (χ1n) is 13.3. The van der Waals surface area contributed by atoms with Gasteiger partial charge in [-0.1, -0.05) is 55.7 Å². The van der Waals surface area contributed by atoms with Crippen LogP contribution in [0, 0.1) is 11.8 Å². The fourth-order valence-electron chi connectivity index (χ4n) is 6.44. The SMILES string of the molecule is O=C1OC(N2CCC(CCCC3CCN(C4OC(=O)c5ccccc54)CC3)CC2)c2ccccc21. The van der Waals surface area contributed by atoms with Crippen molar-refractivity contribution in [3.05, 3.63) is 70.8 Å². The van der Waals surface area contributed by atoms with E-state index in [0.717, 1.165) is 60.3 Å². The van der Waals surface area contributed by atoms with Crippen molar-refractivity contribution in [3.8, 4) is 0 Å². The highest BCUT2D eigenvalue weighted by molar-refractivity contribution is 5.94. The average Bonchev–Trinajstić information content (AvgIpc) is 3.42. The van der Waals surface area contributed by atoms with Crippen LogP contribution in [0.3, 0.4) is 0 Å². The molecule has 0 radical (unpaired) electrons. The summed E-state index contributed by atoms with van der Waals surface area (Å²) in [6.45, 7) is 3.99. The minimum absolute atomic E-state index is 0.186. The normalized spacial score (nSPS) is 25.8. The third-order valence-corrected chi connectivity index (χ3v) is 8.52. The number of esters is 2. The van der Waals surface area contributed by atoms with Gasteiger partial charge in [0, 0.05) is 37.3 Å². The van der Waals surface area contributed by atoms with Gasteiger partial charge in [-0.05, 0) is 49.7 Å². The number of hydrogen-bond acceptors (Lipinski definition) is 6. The van der Waals surface area contributed by atoms with Crippen LogP contribution in [0.5, 0.6) is 0 Å². The summed E-state index contributed by atoms with van der Waals surface area (Å²) in [6, 6.07) is 15.6. The van der Waals surface area contributed by atoms with Crippen molar-refractivity contribution in [2.24, 2.45) is 11.8 Å². The van der Waals surface area contributed by atoms with Gasteiger partial charge in [0.15, 0.2) is 12.5 Å². The molecule has 2 aromatic carbocycles. The highest BCUT2D eigenvalue weighted by Crippen LogP contribution is 2.38. The van der Waals surface area contributed by atoms with Crippen LogP contribution in [0.1, 0.15) is 89.2 Å². The Hall–Kier alpha value is -2.70. The molecule has 0 N–H and O–H groups in total. The molecule has 4 heterocycles. The Labute approximate surface area is 207 Å². The van der Waals surface area contributed by atoms with Crippen molar-refractivity contribution < 1.29 is 19.1 Å². The van der Waals surface area contributed by atoms with Gasteiger partial charge in [-0.25, -0.2) is 9.59 Å². The molecule has 2 atom stereocenters. The summed E-state index contributed by atoms with van der Waals surface area (Å²) in [5.41, 5.74) is 3.50. The number of rotatable bonds is 6. The molecule has 6 rings (SSSR count). The molecule has 2 saturated heterocycles. The van der Waals surface area contributed by atoms with E-state index in [4.69, 9.17) is 9.47 Å². The van der Waals surface area contributed by atoms with Gasteiger partial charge in [0.05, 0.1) is 11.1 Å². The summed E-state index contributed by atoms with van der Waals surface area (Å²) in [6.07, 6.45) is 8.21. The Morgan fingerprint density at radius 1 is 0.629 bits per heavy atom. The lowest BCUT2D eigenvalue weighted by molar-refractivity contribution is -0.0373. The molecule has 0 aromatic heterocycles. The molecule has 4 aliphatic rings. The molecule has 0 saturated carbocycles. The van der Waals surface area contributed by atoms with Gasteiger partial charge in [0.2, 0.25) is 0 Å². The number of cyclic esters (lactones) is 2. The van der Waals surface area contributed by atoms with Crippen molar-refractivity contribution in [2.45, 2.75) is 57.4 Å². The van der Waals surface area contributed by atoms with Gasteiger partial charge < -0.3 is 9.47 Å². The molecule has 0 aliphatic carbocycles. The van der Waals surface area contributed by atoms with E-state index in [2.05, 4.69) is 9.80 Å². The van der Waals surface area contributed by atoms with Crippen molar-refractivity contribution in [2.75, 3.05) is 26.2 Å². The van der Waals surface area contributed by atoms with E-state index in [-0.39, 0.29) is 24.4 Å². The third kappa shape index (κ3) is 4.50. The predicted molar refractivity (Wildman–Crippen MR) is 132 cm³/mol. The van der Waals surface area contributed by atoms with Crippen LogP contribution in [0.2, 0.25) is 0 Å². The fraction of sp³-hybridized carbons (Fsp3) is 0.517. The molecule has 2 unspecified atom stereocenters. The maximum Gasteiger partial charge on any atom is 0.340 e. The summed E-state index contributed by atoms with van der Waals surface area (Å²) in [4.78, 5) is 29.0. The number of likely N-dealkylation sites (tertiary alicyclic amines) is 2. The molecular weight excluding hydrogens is 440 g/mol. The molecule has 4 aliphatic heterocycles. The highest BCUT2D eigenvalue weighted by atomic mass is 16.6. The topological polar surface area (TPSA) is 59.1 Å². The smallest absolute Gasteiger partial charge is 0.340 e. The average molecular weight is 475 g/mol. The van der Waals surface area contributed by atoms with Gasteiger partial charge in [-0.2, -0.15) is 0 Å². The van der Waals surface area contributed by atoms with Crippen LogP contribution in [-0.2, 0) is 9.47 Å². The number of nitrogens with zero attached hydrogens (tertiary/aromatic N) is 2. The van der Waals surface area contributed by atoms with Crippen molar-refractivity contribution in [1.29, 1.82) is 0 Å². The summed E-state index contributed by atoms with van der Waals surface area (Å²) >= 11 is 0. The van der Waals surface area contributed by atoms with E-state index >= 15 is 0 Å². The Bertz CT molecular complexity index is 1000. The van der Waals surface area contributed by atoms with Gasteiger partial charge >= 0.3 is 11.9 Å². The monoisotopic (exact) mass is 474 g/mol. The van der Waals surface area contributed by atoms with E-state index in [1.54, 1.807) is 0 Å². The van der Waals surface area contributed by atoms with Gasteiger partial charge in [-0.15, -0.1) is 0 Å². The number of carbonyl (C=O) groups excluding carboxylic acids is 2. The maximum atomic E-state index is 12.2. The molecule has 0 amide bonds. The van der Waals surface area contributed by atoms with Gasteiger partial charge in [0.1, 0.15) is 0 Å². The highest BCUT2D eigenvalue weighted by Gasteiger charge is 2.38. The zero-order valence-electron chi connectivity index (χ0n) is 20.2. The Kier molecular flexibility index (Phi) is 6.33. The molecule has 0 spiro atoms. The van der Waals surface area contributed by atoms with E-state index in [1.165, 1.54) is 44.9 Å². The molecule has 184 valence electrons. The predicted octanol–water partition coefficient (Wildman–Crippen LogP) is 5.32. The van der Waals surface area contributed by atoms with Crippen LogP contribution in [0.25, 0.3) is 0 Å². The quantitative estimate of drug-likeness (QED) is 0.528. The summed E-state index contributed by atoms with van der Waals surface area (Å²) < 4.78 is 11.4. The Morgan fingerprint density at radius 3 is 1.46 bits per heavy atom. The molecule has 0 bridgehead atoms. The molecule has 35 heavy (non-hydrogen) atoms. The lowest BCUT2D eigenvalue weighted by Gasteiger charge is -2.36. The van der Waals surface area contributed by atoms with Crippen LogP contribution >= 0.6 is 0 Å². The van der Waals surface area contributed by atoms with Crippen molar-refractivity contribution in [3.63, 3.8) is 0 Å². The second-order valence-electron chi connectivity index (χ2n) is 10.6. The number of ether oxygens (including phenoxy) is 2. The van der Waals surface area contributed by atoms with Crippen LogP contribution < -0.4 is 0 Å². The van der Waals surface area contributed by atoms with Crippen molar-refractivity contribution in [1.82, 2.24) is 9.80 Å². The zero-order chi connectivity index (χ0) is 23.8. The first kappa shape index (κ1) is 22.7. The molecule has 2 aromatic rings. The van der Waals surface area contributed by atoms with Gasteiger partial charge in [0.25, 0.3) is 0 Å². The van der Waals surface area contributed by atoms with Crippen molar-refractivity contribution >= 4 is 11.9 Å². The second-order valence-corrected chi connectivity index (χ2v) is 10.6. The lowest BCUT2D eigenvalue weighted by Crippen LogP contribution is -2.37.